The van der Waals surface area contributed by atoms with E-state index in [0.29, 0.717) is 0 Å². The van der Waals surface area contributed by atoms with Crippen LogP contribution in [0.2, 0.25) is 0 Å². The fourth-order valence-electron chi connectivity index (χ4n) is 3.08. The molecular formula is C18H17BrF6N4. The van der Waals surface area contributed by atoms with Crippen LogP contribution in [0.5, 0.6) is 0 Å². The second-order valence-electron chi connectivity index (χ2n) is 6.76. The van der Waals surface area contributed by atoms with Crippen molar-refractivity contribution in [2.24, 2.45) is 0 Å². The minimum absolute atomic E-state index is 0.0158. The first kappa shape index (κ1) is 21.7. The molecule has 2 aromatic rings. The van der Waals surface area contributed by atoms with Gasteiger partial charge in [0.2, 0.25) is 5.95 Å². The smallest absolute Gasteiger partial charge is 0.351 e. The second kappa shape index (κ2) is 8.37. The molecule has 0 radical (unpaired) electrons. The molecule has 1 heterocycles. The van der Waals surface area contributed by atoms with Crippen molar-refractivity contribution < 1.29 is 26.3 Å². The number of nitrogens with one attached hydrogen (secondary N) is 2. The van der Waals surface area contributed by atoms with Crippen molar-refractivity contribution in [3.05, 3.63) is 40.0 Å². The van der Waals surface area contributed by atoms with Crippen molar-refractivity contribution in [2.75, 3.05) is 10.6 Å². The van der Waals surface area contributed by atoms with Gasteiger partial charge < -0.3 is 10.6 Å². The zero-order chi connectivity index (χ0) is 21.2. The number of hydrogen-bond donors (Lipinski definition) is 2. The summed E-state index contributed by atoms with van der Waals surface area (Å²) >= 11 is 3.01. The van der Waals surface area contributed by atoms with Crippen LogP contribution < -0.4 is 10.6 Å². The molecule has 0 spiro atoms. The molecule has 1 fully saturated rings. The van der Waals surface area contributed by atoms with Crippen LogP contribution in [-0.2, 0) is 12.4 Å². The number of nitrogens with zero attached hydrogens (tertiary/aromatic N) is 2. The minimum Gasteiger partial charge on any atom is -0.351 e. The van der Waals surface area contributed by atoms with Crippen molar-refractivity contribution in [3.8, 4) is 0 Å². The summed E-state index contributed by atoms with van der Waals surface area (Å²) in [5.74, 6) is -0.344. The summed E-state index contributed by atoms with van der Waals surface area (Å²) in [4.78, 5) is 7.63. The standard InChI is InChI=1S/C18H17BrF6N4/c19-12-8-10(17(20,21)22)6-7-13(12)27-15-9-14(18(23,24)25)28-16(29-15)26-11-4-2-1-3-5-11/h6-9,11H,1-5H2,(H2,26,27,28,29). The molecule has 4 nitrogen and oxygen atoms in total. The van der Waals surface area contributed by atoms with E-state index in [0.717, 1.165) is 56.4 Å². The average molecular weight is 483 g/mol. The van der Waals surface area contributed by atoms with Crippen molar-refractivity contribution >= 4 is 33.4 Å². The molecule has 158 valence electrons. The molecule has 0 bridgehead atoms. The lowest BCUT2D eigenvalue weighted by atomic mass is 9.96. The van der Waals surface area contributed by atoms with Gasteiger partial charge in [0.05, 0.1) is 11.3 Å². The number of hydrogen-bond acceptors (Lipinski definition) is 4. The summed E-state index contributed by atoms with van der Waals surface area (Å²) in [7, 11) is 0. The van der Waals surface area contributed by atoms with Gasteiger partial charge in [0.25, 0.3) is 0 Å². The molecule has 1 aromatic carbocycles. The van der Waals surface area contributed by atoms with Crippen LogP contribution in [0, 0.1) is 0 Å². The second-order valence-corrected chi connectivity index (χ2v) is 7.61. The molecule has 0 saturated heterocycles. The summed E-state index contributed by atoms with van der Waals surface area (Å²) in [5.41, 5.74) is -1.88. The van der Waals surface area contributed by atoms with E-state index in [-0.39, 0.29) is 28.0 Å². The van der Waals surface area contributed by atoms with E-state index in [1.165, 1.54) is 0 Å². The Kier molecular flexibility index (Phi) is 6.25. The highest BCUT2D eigenvalue weighted by atomic mass is 79.9. The van der Waals surface area contributed by atoms with Gasteiger partial charge in [0.15, 0.2) is 5.69 Å². The fourth-order valence-corrected chi connectivity index (χ4v) is 3.56. The molecule has 1 aliphatic carbocycles. The van der Waals surface area contributed by atoms with E-state index in [1.807, 2.05) is 0 Å². The predicted octanol–water partition coefficient (Wildman–Crippen LogP) is 6.76. The van der Waals surface area contributed by atoms with Gasteiger partial charge in [-0.3, -0.25) is 0 Å². The lowest BCUT2D eigenvalue weighted by Crippen LogP contribution is -2.24. The lowest BCUT2D eigenvalue weighted by molar-refractivity contribution is -0.141. The van der Waals surface area contributed by atoms with Gasteiger partial charge in [-0.15, -0.1) is 0 Å². The van der Waals surface area contributed by atoms with Crippen molar-refractivity contribution in [1.29, 1.82) is 0 Å². The van der Waals surface area contributed by atoms with E-state index in [4.69, 9.17) is 0 Å². The van der Waals surface area contributed by atoms with Crippen LogP contribution in [0.15, 0.2) is 28.7 Å². The van der Waals surface area contributed by atoms with E-state index >= 15 is 0 Å². The largest absolute Gasteiger partial charge is 0.433 e. The molecule has 2 N–H and O–H groups in total. The van der Waals surface area contributed by atoms with Crippen LogP contribution in [0.4, 0.5) is 43.8 Å². The fraction of sp³-hybridized carbons (Fsp3) is 0.444. The summed E-state index contributed by atoms with van der Waals surface area (Å²) < 4.78 is 78.2. The monoisotopic (exact) mass is 482 g/mol. The Morgan fingerprint density at radius 1 is 0.897 bits per heavy atom. The number of aromatic nitrogens is 2. The molecule has 0 atom stereocenters. The van der Waals surface area contributed by atoms with E-state index in [2.05, 4.69) is 36.5 Å². The highest BCUT2D eigenvalue weighted by Gasteiger charge is 2.34. The molecule has 29 heavy (non-hydrogen) atoms. The maximum atomic E-state index is 13.2. The molecule has 1 aromatic heterocycles. The minimum atomic E-state index is -4.69. The Morgan fingerprint density at radius 2 is 1.59 bits per heavy atom. The first-order valence-electron chi connectivity index (χ1n) is 8.89. The SMILES string of the molecule is FC(F)(F)c1ccc(Nc2cc(C(F)(F)F)nc(NC3CCCCC3)n2)c(Br)c1. The zero-order valence-electron chi connectivity index (χ0n) is 15.0. The van der Waals surface area contributed by atoms with E-state index in [1.54, 1.807) is 0 Å². The molecule has 11 heteroatoms. The third-order valence-electron chi connectivity index (χ3n) is 4.51. The Bertz CT molecular complexity index is 862. The summed E-state index contributed by atoms with van der Waals surface area (Å²) in [6.07, 6.45) is -4.58. The van der Waals surface area contributed by atoms with Crippen molar-refractivity contribution in [2.45, 2.75) is 50.5 Å². The normalized spacial score (nSPS) is 16.0. The van der Waals surface area contributed by atoms with Crippen LogP contribution in [0.25, 0.3) is 0 Å². The van der Waals surface area contributed by atoms with Crippen LogP contribution in [0.3, 0.4) is 0 Å². The lowest BCUT2D eigenvalue weighted by Gasteiger charge is -2.23. The number of halogens is 7. The zero-order valence-corrected chi connectivity index (χ0v) is 16.5. The quantitative estimate of drug-likeness (QED) is 0.472. The molecule has 1 aliphatic rings. The van der Waals surface area contributed by atoms with Crippen molar-refractivity contribution in [1.82, 2.24) is 9.97 Å². The number of rotatable bonds is 4. The van der Waals surface area contributed by atoms with Gasteiger partial charge in [0, 0.05) is 16.6 Å². The third kappa shape index (κ3) is 5.74. The highest BCUT2D eigenvalue weighted by Crippen LogP contribution is 2.36. The average Bonchev–Trinajstić information content (AvgIpc) is 2.62. The number of alkyl halides is 6. The van der Waals surface area contributed by atoms with Gasteiger partial charge in [-0.05, 0) is 47.0 Å². The van der Waals surface area contributed by atoms with E-state index < -0.39 is 23.6 Å². The molecule has 0 unspecified atom stereocenters. The predicted molar refractivity (Wildman–Crippen MR) is 100.0 cm³/mol. The first-order valence-corrected chi connectivity index (χ1v) is 9.68. The van der Waals surface area contributed by atoms with E-state index in [9.17, 15) is 26.3 Å². The maximum absolute atomic E-state index is 13.2. The van der Waals surface area contributed by atoms with Gasteiger partial charge >= 0.3 is 12.4 Å². The van der Waals surface area contributed by atoms with Gasteiger partial charge in [-0.2, -0.15) is 31.3 Å². The Balaban J connectivity index is 1.88. The Hall–Kier alpha value is -2.04. The topological polar surface area (TPSA) is 49.8 Å². The third-order valence-corrected chi connectivity index (χ3v) is 5.17. The molecule has 1 saturated carbocycles. The van der Waals surface area contributed by atoms with Gasteiger partial charge in [-0.25, -0.2) is 4.98 Å². The maximum Gasteiger partial charge on any atom is 0.433 e. The Morgan fingerprint density at radius 3 is 2.17 bits per heavy atom. The highest BCUT2D eigenvalue weighted by molar-refractivity contribution is 9.10. The number of anilines is 3. The summed E-state index contributed by atoms with van der Waals surface area (Å²) in [6, 6.07) is 3.50. The molecule has 0 amide bonds. The Labute approximate surface area is 171 Å². The number of benzene rings is 1. The van der Waals surface area contributed by atoms with Crippen LogP contribution in [0.1, 0.15) is 43.4 Å². The van der Waals surface area contributed by atoms with Crippen LogP contribution >= 0.6 is 15.9 Å². The molecule has 0 aliphatic heterocycles. The van der Waals surface area contributed by atoms with Gasteiger partial charge in [0.1, 0.15) is 5.82 Å². The molecular weight excluding hydrogens is 466 g/mol. The summed E-state index contributed by atoms with van der Waals surface area (Å²) in [6.45, 7) is 0. The first-order chi connectivity index (χ1) is 13.5. The van der Waals surface area contributed by atoms with Gasteiger partial charge in [-0.1, -0.05) is 19.3 Å². The van der Waals surface area contributed by atoms with Crippen molar-refractivity contribution in [3.63, 3.8) is 0 Å². The van der Waals surface area contributed by atoms with Crippen LogP contribution in [-0.4, -0.2) is 16.0 Å². The molecule has 3 rings (SSSR count). The summed E-state index contributed by atoms with van der Waals surface area (Å²) in [5, 5.41) is 5.58.